The van der Waals surface area contributed by atoms with Gasteiger partial charge in [0.1, 0.15) is 66.5 Å². The van der Waals surface area contributed by atoms with E-state index < -0.39 is 200 Å². The lowest BCUT2D eigenvalue weighted by Crippen LogP contribution is -2.62. The molecule has 25 N–H and O–H groups in total. The highest BCUT2D eigenvalue weighted by molar-refractivity contribution is 7.99. The van der Waals surface area contributed by atoms with Crippen molar-refractivity contribution in [3.05, 3.63) is 71.9 Å². The molecule has 0 bridgehead atoms. The molecule has 0 saturated heterocycles. The number of benzene rings is 2. The molecule has 0 aliphatic carbocycles. The smallest absolute Gasteiger partial charge is 0.326 e. The summed E-state index contributed by atoms with van der Waals surface area (Å²) in [6.45, 7) is 9.32. The number of primary amides is 2. The van der Waals surface area contributed by atoms with Gasteiger partial charge in [-0.15, -0.1) is 0 Å². The number of carboxylic acids is 1. The second-order valence-electron chi connectivity index (χ2n) is 25.5. The fraction of sp³-hybridized carbons (Fsp3) is 0.552. The van der Waals surface area contributed by atoms with Gasteiger partial charge in [-0.25, -0.2) is 4.79 Å². The average molecular weight is 1510 g/mol. The van der Waals surface area contributed by atoms with Crippen molar-refractivity contribution in [3.63, 3.8) is 0 Å². The molecular formula is C67H103N19O17S2. The number of carboxylic acid groups (broad SMARTS) is 1. The van der Waals surface area contributed by atoms with E-state index in [1.165, 1.54) is 37.4 Å². The number of hydrogen-bond donors (Lipinski definition) is 20. The Morgan fingerprint density at radius 3 is 1.63 bits per heavy atom. The van der Waals surface area contributed by atoms with Crippen LogP contribution in [0.1, 0.15) is 105 Å². The largest absolute Gasteiger partial charge is 0.480 e. The maximum absolute atomic E-state index is 14.4. The quantitative estimate of drug-likeness (QED) is 0.0143. The number of aliphatic hydroxyl groups is 1. The molecule has 38 heteroatoms. The van der Waals surface area contributed by atoms with Crippen molar-refractivity contribution in [1.29, 1.82) is 0 Å². The molecule has 0 saturated carbocycles. The summed E-state index contributed by atoms with van der Waals surface area (Å²) in [6, 6.07) is -1.63. The first kappa shape index (κ1) is 89.1. The van der Waals surface area contributed by atoms with Gasteiger partial charge in [-0.05, 0) is 92.7 Å². The van der Waals surface area contributed by atoms with Gasteiger partial charge in [0, 0.05) is 48.7 Å². The van der Waals surface area contributed by atoms with Crippen LogP contribution in [0.4, 0.5) is 0 Å². The summed E-state index contributed by atoms with van der Waals surface area (Å²) >= 11 is 2.54. The second-order valence-corrected chi connectivity index (χ2v) is 27.8. The van der Waals surface area contributed by atoms with Crippen LogP contribution in [0.2, 0.25) is 0 Å². The van der Waals surface area contributed by atoms with E-state index in [1.54, 1.807) is 102 Å². The van der Waals surface area contributed by atoms with Crippen LogP contribution >= 0.6 is 23.5 Å². The molecule has 3 rings (SSSR count). The molecule has 3 aromatic rings. The van der Waals surface area contributed by atoms with Crippen molar-refractivity contribution in [2.24, 2.45) is 45.5 Å². The van der Waals surface area contributed by atoms with Gasteiger partial charge < -0.3 is 108 Å². The fourth-order valence-corrected chi connectivity index (χ4v) is 11.4. The van der Waals surface area contributed by atoms with Crippen LogP contribution in [-0.2, 0) is 84.8 Å². The lowest BCUT2D eigenvalue weighted by atomic mass is 10.0. The number of thioether (sulfide) groups is 2. The number of carbonyl (C=O) groups is 15. The van der Waals surface area contributed by atoms with Gasteiger partial charge in [0.2, 0.25) is 82.7 Å². The maximum atomic E-state index is 14.4. The first-order chi connectivity index (χ1) is 49.6. The molecule has 1 aromatic heterocycles. The zero-order chi connectivity index (χ0) is 78.6. The van der Waals surface area contributed by atoms with Crippen LogP contribution < -0.4 is 92.5 Å². The van der Waals surface area contributed by atoms with Gasteiger partial charge in [-0.2, -0.15) is 23.5 Å². The number of aliphatic hydroxyl groups excluding tert-OH is 1. The lowest BCUT2D eigenvalue weighted by molar-refractivity contribution is -0.142. The number of nitrogens with zero attached hydrogens (tertiary/aromatic N) is 1. The number of H-pyrrole nitrogens is 1. The zero-order valence-corrected chi connectivity index (χ0v) is 61.8. The van der Waals surface area contributed by atoms with Crippen LogP contribution in [-0.4, -0.2) is 226 Å². The van der Waals surface area contributed by atoms with Gasteiger partial charge in [-0.1, -0.05) is 83.1 Å². The molecule has 0 fully saturated rings. The highest BCUT2D eigenvalue weighted by Gasteiger charge is 2.37. The predicted molar refractivity (Wildman–Crippen MR) is 393 cm³/mol. The monoisotopic (exact) mass is 1510 g/mol. The highest BCUT2D eigenvalue weighted by atomic mass is 32.2. The van der Waals surface area contributed by atoms with E-state index in [1.807, 2.05) is 0 Å². The number of guanidine groups is 1. The summed E-state index contributed by atoms with van der Waals surface area (Å²) < 4.78 is 0. The average Bonchev–Trinajstić information content (AvgIpc) is 1.72. The first-order valence-corrected chi connectivity index (χ1v) is 36.6. The molecule has 36 nitrogen and oxygen atoms in total. The van der Waals surface area contributed by atoms with E-state index in [2.05, 4.69) is 73.8 Å². The summed E-state index contributed by atoms with van der Waals surface area (Å²) in [5.41, 5.74) is 29.0. The minimum absolute atomic E-state index is 0.0330. The third-order valence-electron chi connectivity index (χ3n) is 16.0. The number of fused-ring (bicyclic) bond motifs is 1. The molecule has 1 heterocycles. The van der Waals surface area contributed by atoms with E-state index >= 15 is 0 Å². The highest BCUT2D eigenvalue weighted by Crippen LogP contribution is 2.20. The molecule has 0 aliphatic heterocycles. The molecule has 12 atom stereocenters. The molecule has 0 spiro atoms. The molecule has 0 aliphatic rings. The normalized spacial score (nSPS) is 14.6. The van der Waals surface area contributed by atoms with E-state index in [-0.39, 0.29) is 62.7 Å². The number of aliphatic carboxylic acids is 1. The van der Waals surface area contributed by atoms with Gasteiger partial charge in [0.05, 0.1) is 25.6 Å². The third kappa shape index (κ3) is 32.2. The molecule has 0 unspecified atom stereocenters. The Morgan fingerprint density at radius 2 is 1.06 bits per heavy atom. The molecule has 580 valence electrons. The SMILES string of the molecule is CCSC[C@H](NC(=O)[C@H](CCC(N)=O)NC(=O)[C@H](Cc1ccccc1)NC(=O)[C@H](CC(C)C)NC(=O)CNC(=O)[C@@H](N)CC(N)=O)C(=O)N[C@H](C(=O)N[C@@H](CO)C(=O)N[C@@H](C)C(=O)N[C@@H](C)C(=O)N[C@@H](CCSC)C(=O)N[C@@H](Cc1c[nH]c2ccccc12)C(=O)N[C@@H](CCCN=C(N)N)C(=O)O)C(C)C. The van der Waals surface area contributed by atoms with Crippen LogP contribution in [0.15, 0.2) is 65.8 Å². The van der Waals surface area contributed by atoms with Crippen molar-refractivity contribution in [1.82, 2.24) is 68.8 Å². The van der Waals surface area contributed by atoms with Crippen molar-refractivity contribution < 1.29 is 82.1 Å². The Balaban J connectivity index is 1.77. The van der Waals surface area contributed by atoms with Crippen molar-refractivity contribution in [2.45, 2.75) is 179 Å². The van der Waals surface area contributed by atoms with Crippen LogP contribution in [0.25, 0.3) is 10.9 Å². The van der Waals surface area contributed by atoms with Gasteiger partial charge in [0.25, 0.3) is 0 Å². The predicted octanol–water partition coefficient (Wildman–Crippen LogP) is -4.75. The van der Waals surface area contributed by atoms with Gasteiger partial charge in [-0.3, -0.25) is 72.1 Å². The number of para-hydroxylation sites is 1. The lowest BCUT2D eigenvalue weighted by Gasteiger charge is -2.29. The Kier molecular flexibility index (Phi) is 39.0. The number of carbonyl (C=O) groups excluding carboxylic acids is 14. The summed E-state index contributed by atoms with van der Waals surface area (Å²) in [4.78, 5) is 209. The first-order valence-electron chi connectivity index (χ1n) is 34.1. The van der Waals surface area contributed by atoms with Crippen LogP contribution in [0.3, 0.4) is 0 Å². The summed E-state index contributed by atoms with van der Waals surface area (Å²) in [6.07, 6.45) is 1.97. The van der Waals surface area contributed by atoms with Crippen molar-refractivity contribution in [2.75, 3.05) is 43.2 Å². The number of nitrogens with two attached hydrogens (primary N) is 5. The second kappa shape index (κ2) is 45.9. The molecule has 14 amide bonds. The fourth-order valence-electron chi connectivity index (χ4n) is 10.3. The number of aromatic amines is 1. The zero-order valence-electron chi connectivity index (χ0n) is 60.1. The van der Waals surface area contributed by atoms with E-state index in [4.69, 9.17) is 28.7 Å². The van der Waals surface area contributed by atoms with E-state index in [9.17, 15) is 82.1 Å². The minimum atomic E-state index is -1.74. The third-order valence-corrected chi connectivity index (χ3v) is 17.6. The molecule has 0 radical (unpaired) electrons. The number of aromatic nitrogens is 1. The van der Waals surface area contributed by atoms with Crippen molar-refractivity contribution >= 4 is 129 Å². The topological polar surface area (TPSA) is 599 Å². The number of amides is 14. The Labute approximate surface area is 616 Å². The minimum Gasteiger partial charge on any atom is -0.480 e. The van der Waals surface area contributed by atoms with Gasteiger partial charge in [0.15, 0.2) is 5.96 Å². The number of nitrogens with one attached hydrogen (secondary N) is 13. The maximum Gasteiger partial charge on any atom is 0.326 e. The summed E-state index contributed by atoms with van der Waals surface area (Å²) in [5.74, 6) is -14.4. The van der Waals surface area contributed by atoms with Gasteiger partial charge >= 0.3 is 5.97 Å². The Hall–Kier alpha value is -10.1. The van der Waals surface area contributed by atoms with Crippen molar-refractivity contribution in [3.8, 4) is 0 Å². The summed E-state index contributed by atoms with van der Waals surface area (Å²) in [7, 11) is 0. The summed E-state index contributed by atoms with van der Waals surface area (Å²) in [5, 5.41) is 51.3. The van der Waals surface area contributed by atoms with E-state index in [0.29, 0.717) is 22.6 Å². The molecule has 105 heavy (non-hydrogen) atoms. The van der Waals surface area contributed by atoms with Crippen LogP contribution in [0, 0.1) is 11.8 Å². The number of hydrogen-bond acceptors (Lipinski definition) is 20. The number of rotatable bonds is 48. The standard InChI is InChI=1S/C67H103N19O17S2/c1-9-105-33-50(85-58(94)43(21-22-51(69)88)80-61(97)47(27-38-16-11-10-12-17-38)82-60(96)46(26-34(2)3)78-53(90)31-75-57(93)41(68)29-52(70)89)64(100)86-54(35(4)5)65(101)84-49(32-87)63(99)77-36(6)55(91)76-37(7)56(92)79-44(23-25-104-8)59(95)83-48(28-39-30-74-42-19-14-13-18-40(39)42)62(98)81-45(66(102)103)20-15-24-73-67(71)72/h10-14,16-19,30,34-37,41,43-50,54,74,87H,9,15,20-29,31-33,68H2,1-8H3,(H2,69,88)(H2,70,89)(H,75,93)(H,76,91)(H,77,99)(H,78,90)(H,79,92)(H,80,97)(H,81,98)(H,82,96)(H,83,95)(H,84,101)(H,85,94)(H,86,100)(H,102,103)(H4,71,72,73)/t36-,37-,41-,43-,44-,45-,46-,47-,48-,49-,50-,54-/m0/s1. The Bertz CT molecular complexity index is 3510. The number of aliphatic imine (C=N–C) groups is 1. The van der Waals surface area contributed by atoms with Crippen LogP contribution in [0.5, 0.6) is 0 Å². The Morgan fingerprint density at radius 1 is 0.543 bits per heavy atom. The molecule has 2 aromatic carbocycles. The molecular weight excluding hydrogens is 1410 g/mol. The van der Waals surface area contributed by atoms with E-state index in [0.717, 1.165) is 10.9 Å².